The van der Waals surface area contributed by atoms with Crippen molar-refractivity contribution in [1.82, 2.24) is 15.1 Å². The summed E-state index contributed by atoms with van der Waals surface area (Å²) in [5.41, 5.74) is 2.26. The first-order valence-electron chi connectivity index (χ1n) is 4.99. The summed E-state index contributed by atoms with van der Waals surface area (Å²) in [5, 5.41) is 7.82. The topological polar surface area (TPSA) is 29.9 Å². The molecule has 1 aromatic heterocycles. The highest BCUT2D eigenvalue weighted by Gasteiger charge is 2.12. The van der Waals surface area contributed by atoms with E-state index in [1.165, 1.54) is 5.69 Å². The SMILES string of the molecule is CCNCC(C)n1nc(C)c(Br)c1C. The molecule has 0 aliphatic carbocycles. The molecular formula is C10H18BrN3. The number of nitrogens with one attached hydrogen (secondary N) is 1. The maximum absolute atomic E-state index is 4.49. The third-order valence-electron chi connectivity index (χ3n) is 2.34. The molecule has 0 spiro atoms. The Hall–Kier alpha value is -0.350. The van der Waals surface area contributed by atoms with E-state index in [0.29, 0.717) is 6.04 Å². The molecule has 14 heavy (non-hydrogen) atoms. The first-order valence-corrected chi connectivity index (χ1v) is 5.79. The monoisotopic (exact) mass is 259 g/mol. The summed E-state index contributed by atoms with van der Waals surface area (Å²) in [6, 6.07) is 0.403. The zero-order valence-electron chi connectivity index (χ0n) is 9.26. The van der Waals surface area contributed by atoms with Crippen LogP contribution in [0.5, 0.6) is 0 Å². The molecule has 0 bridgehead atoms. The van der Waals surface area contributed by atoms with Crippen molar-refractivity contribution in [1.29, 1.82) is 0 Å². The van der Waals surface area contributed by atoms with Crippen LogP contribution in [0.15, 0.2) is 4.47 Å². The van der Waals surface area contributed by atoms with Crippen molar-refractivity contribution in [2.24, 2.45) is 0 Å². The average molecular weight is 260 g/mol. The summed E-state index contributed by atoms with van der Waals surface area (Å²) in [6.45, 7) is 10.4. The number of hydrogen-bond donors (Lipinski definition) is 1. The van der Waals surface area contributed by atoms with E-state index in [9.17, 15) is 0 Å². The Morgan fingerprint density at radius 3 is 2.57 bits per heavy atom. The highest BCUT2D eigenvalue weighted by molar-refractivity contribution is 9.10. The summed E-state index contributed by atoms with van der Waals surface area (Å²) < 4.78 is 3.20. The van der Waals surface area contributed by atoms with Gasteiger partial charge < -0.3 is 5.32 Å². The third kappa shape index (κ3) is 2.36. The van der Waals surface area contributed by atoms with Crippen LogP contribution in [0.1, 0.15) is 31.3 Å². The Kier molecular flexibility index (Phi) is 4.13. The fraction of sp³-hybridized carbons (Fsp3) is 0.700. The molecule has 1 N–H and O–H groups in total. The number of halogens is 1. The van der Waals surface area contributed by atoms with Crippen molar-refractivity contribution >= 4 is 15.9 Å². The van der Waals surface area contributed by atoms with Gasteiger partial charge in [-0.05, 0) is 43.2 Å². The molecule has 0 aliphatic rings. The Morgan fingerprint density at radius 1 is 1.50 bits per heavy atom. The van der Waals surface area contributed by atoms with E-state index in [2.05, 4.69) is 51.8 Å². The van der Waals surface area contributed by atoms with Gasteiger partial charge in [0.15, 0.2) is 0 Å². The van der Waals surface area contributed by atoms with Gasteiger partial charge in [-0.3, -0.25) is 4.68 Å². The van der Waals surface area contributed by atoms with Crippen molar-refractivity contribution in [2.75, 3.05) is 13.1 Å². The summed E-state index contributed by atoms with van der Waals surface area (Å²) in [7, 11) is 0. The number of aryl methyl sites for hydroxylation is 1. The predicted molar refractivity (Wildman–Crippen MR) is 62.7 cm³/mol. The number of likely N-dealkylation sites (N-methyl/N-ethyl adjacent to an activating group) is 1. The van der Waals surface area contributed by atoms with Gasteiger partial charge in [-0.15, -0.1) is 0 Å². The molecule has 1 atom stereocenters. The number of hydrogen-bond acceptors (Lipinski definition) is 2. The molecule has 0 aromatic carbocycles. The molecule has 1 unspecified atom stereocenters. The lowest BCUT2D eigenvalue weighted by atomic mass is 10.3. The van der Waals surface area contributed by atoms with Gasteiger partial charge in [0.25, 0.3) is 0 Å². The van der Waals surface area contributed by atoms with Gasteiger partial charge in [-0.25, -0.2) is 0 Å². The molecule has 4 heteroatoms. The van der Waals surface area contributed by atoms with Gasteiger partial charge >= 0.3 is 0 Å². The fourth-order valence-corrected chi connectivity index (χ4v) is 1.77. The molecule has 0 saturated heterocycles. The van der Waals surface area contributed by atoms with Crippen molar-refractivity contribution in [3.05, 3.63) is 15.9 Å². The highest BCUT2D eigenvalue weighted by Crippen LogP contribution is 2.22. The Bertz CT molecular complexity index is 307. The van der Waals surface area contributed by atoms with Crippen molar-refractivity contribution in [3.63, 3.8) is 0 Å². The van der Waals surface area contributed by atoms with Gasteiger partial charge in [0.2, 0.25) is 0 Å². The molecule has 3 nitrogen and oxygen atoms in total. The summed E-state index contributed by atoms with van der Waals surface area (Å²) in [6.07, 6.45) is 0. The minimum Gasteiger partial charge on any atom is -0.315 e. The van der Waals surface area contributed by atoms with Crippen LogP contribution in [-0.2, 0) is 0 Å². The minimum absolute atomic E-state index is 0.403. The van der Waals surface area contributed by atoms with E-state index in [1.807, 2.05) is 6.92 Å². The largest absolute Gasteiger partial charge is 0.315 e. The number of nitrogens with zero attached hydrogens (tertiary/aromatic N) is 2. The first-order chi connectivity index (χ1) is 6.57. The van der Waals surface area contributed by atoms with Gasteiger partial charge in [0.05, 0.1) is 21.9 Å². The Balaban J connectivity index is 2.79. The number of rotatable bonds is 4. The van der Waals surface area contributed by atoms with Crippen LogP contribution in [0.25, 0.3) is 0 Å². The lowest BCUT2D eigenvalue weighted by molar-refractivity contribution is 0.449. The van der Waals surface area contributed by atoms with Gasteiger partial charge in [-0.2, -0.15) is 5.10 Å². The van der Waals surface area contributed by atoms with E-state index < -0.39 is 0 Å². The maximum Gasteiger partial charge on any atom is 0.0738 e. The quantitative estimate of drug-likeness (QED) is 0.901. The van der Waals surface area contributed by atoms with Crippen LogP contribution in [0.2, 0.25) is 0 Å². The molecule has 0 radical (unpaired) electrons. The van der Waals surface area contributed by atoms with Crippen LogP contribution < -0.4 is 5.32 Å². The molecule has 80 valence electrons. The van der Waals surface area contributed by atoms with Crippen LogP contribution in [0.4, 0.5) is 0 Å². The van der Waals surface area contributed by atoms with Crippen LogP contribution in [0.3, 0.4) is 0 Å². The molecule has 0 fully saturated rings. The average Bonchev–Trinajstić information content (AvgIpc) is 2.42. The Morgan fingerprint density at radius 2 is 2.14 bits per heavy atom. The fourth-order valence-electron chi connectivity index (χ4n) is 1.51. The van der Waals surface area contributed by atoms with E-state index in [0.717, 1.165) is 23.3 Å². The first kappa shape index (κ1) is 11.7. The second-order valence-corrected chi connectivity index (χ2v) is 4.38. The third-order valence-corrected chi connectivity index (χ3v) is 3.49. The van der Waals surface area contributed by atoms with E-state index >= 15 is 0 Å². The summed E-state index contributed by atoms with van der Waals surface area (Å²) in [5.74, 6) is 0. The zero-order valence-corrected chi connectivity index (χ0v) is 10.8. The van der Waals surface area contributed by atoms with Crippen molar-refractivity contribution in [3.8, 4) is 0 Å². The van der Waals surface area contributed by atoms with Crippen LogP contribution in [0, 0.1) is 13.8 Å². The molecule has 0 aliphatic heterocycles. The predicted octanol–water partition coefficient (Wildman–Crippen LogP) is 2.43. The molecular weight excluding hydrogens is 242 g/mol. The normalized spacial score (nSPS) is 13.2. The second-order valence-electron chi connectivity index (χ2n) is 3.59. The van der Waals surface area contributed by atoms with Crippen molar-refractivity contribution < 1.29 is 0 Å². The maximum atomic E-state index is 4.49. The van der Waals surface area contributed by atoms with E-state index in [1.54, 1.807) is 0 Å². The smallest absolute Gasteiger partial charge is 0.0738 e. The second kappa shape index (κ2) is 4.94. The standard InChI is InChI=1S/C10H18BrN3/c1-5-12-6-7(2)14-9(4)10(11)8(3)13-14/h7,12H,5-6H2,1-4H3. The molecule has 0 saturated carbocycles. The van der Waals surface area contributed by atoms with E-state index in [4.69, 9.17) is 0 Å². The lowest BCUT2D eigenvalue weighted by Gasteiger charge is -2.14. The van der Waals surface area contributed by atoms with Crippen LogP contribution >= 0.6 is 15.9 Å². The Labute approximate surface area is 94.0 Å². The molecule has 1 heterocycles. The molecule has 1 rings (SSSR count). The molecule has 0 amide bonds. The number of aromatic nitrogens is 2. The van der Waals surface area contributed by atoms with E-state index in [-0.39, 0.29) is 0 Å². The zero-order chi connectivity index (χ0) is 10.7. The lowest BCUT2D eigenvalue weighted by Crippen LogP contribution is -2.24. The van der Waals surface area contributed by atoms with Crippen molar-refractivity contribution in [2.45, 2.75) is 33.7 Å². The molecule has 1 aromatic rings. The van der Waals surface area contributed by atoms with Gasteiger partial charge in [-0.1, -0.05) is 6.92 Å². The summed E-state index contributed by atoms with van der Waals surface area (Å²) >= 11 is 3.53. The van der Waals surface area contributed by atoms with Gasteiger partial charge in [0, 0.05) is 6.54 Å². The van der Waals surface area contributed by atoms with Gasteiger partial charge in [0.1, 0.15) is 0 Å². The minimum atomic E-state index is 0.403. The van der Waals surface area contributed by atoms with Crippen LogP contribution in [-0.4, -0.2) is 22.9 Å². The summed E-state index contributed by atoms with van der Waals surface area (Å²) in [4.78, 5) is 0. The highest BCUT2D eigenvalue weighted by atomic mass is 79.9.